The summed E-state index contributed by atoms with van der Waals surface area (Å²) in [6, 6.07) is 18.3. The summed E-state index contributed by atoms with van der Waals surface area (Å²) in [6.45, 7) is 5.35. The first-order valence-electron chi connectivity index (χ1n) is 8.36. The minimum atomic E-state index is 0.339. The topological polar surface area (TPSA) is 21.3 Å². The normalized spacial score (nSPS) is 11.2. The SMILES string of the molecule is CC(C)NCc1c(OCc2c(Cl)cccc2Cl)ccc2ccccc12. The van der Waals surface area contributed by atoms with Gasteiger partial charge in [-0.1, -0.05) is 73.4 Å². The fraction of sp³-hybridized carbons (Fsp3) is 0.238. The van der Waals surface area contributed by atoms with Gasteiger partial charge in [-0.15, -0.1) is 0 Å². The van der Waals surface area contributed by atoms with Crippen molar-refractivity contribution in [3.05, 3.63) is 75.8 Å². The van der Waals surface area contributed by atoms with Crippen molar-refractivity contribution < 1.29 is 4.74 Å². The molecule has 4 heteroatoms. The van der Waals surface area contributed by atoms with Gasteiger partial charge in [0.1, 0.15) is 12.4 Å². The van der Waals surface area contributed by atoms with Crippen molar-refractivity contribution in [1.82, 2.24) is 5.32 Å². The van der Waals surface area contributed by atoms with Crippen molar-refractivity contribution in [2.24, 2.45) is 0 Å². The van der Waals surface area contributed by atoms with E-state index in [0.717, 1.165) is 23.4 Å². The van der Waals surface area contributed by atoms with Gasteiger partial charge in [0.25, 0.3) is 0 Å². The molecular weight excluding hydrogens is 353 g/mol. The highest BCUT2D eigenvalue weighted by Gasteiger charge is 2.12. The second kappa shape index (κ2) is 8.09. The molecule has 2 nitrogen and oxygen atoms in total. The van der Waals surface area contributed by atoms with Crippen LogP contribution < -0.4 is 10.1 Å². The zero-order valence-electron chi connectivity index (χ0n) is 14.4. The molecule has 0 spiro atoms. The number of benzene rings is 3. The first-order valence-corrected chi connectivity index (χ1v) is 9.11. The highest BCUT2D eigenvalue weighted by molar-refractivity contribution is 6.35. The molecule has 0 aromatic heterocycles. The summed E-state index contributed by atoms with van der Waals surface area (Å²) < 4.78 is 6.12. The summed E-state index contributed by atoms with van der Waals surface area (Å²) in [6.07, 6.45) is 0. The van der Waals surface area contributed by atoms with Crippen LogP contribution in [0.5, 0.6) is 5.75 Å². The summed E-state index contributed by atoms with van der Waals surface area (Å²) in [7, 11) is 0. The first-order chi connectivity index (χ1) is 12.1. The summed E-state index contributed by atoms with van der Waals surface area (Å²) >= 11 is 12.5. The van der Waals surface area contributed by atoms with E-state index in [9.17, 15) is 0 Å². The lowest BCUT2D eigenvalue weighted by atomic mass is 10.0. The molecule has 1 N–H and O–H groups in total. The largest absolute Gasteiger partial charge is 0.488 e. The number of nitrogens with one attached hydrogen (secondary N) is 1. The van der Waals surface area contributed by atoms with Gasteiger partial charge in [0, 0.05) is 33.8 Å². The van der Waals surface area contributed by atoms with E-state index < -0.39 is 0 Å². The average molecular weight is 374 g/mol. The minimum absolute atomic E-state index is 0.339. The number of hydrogen-bond donors (Lipinski definition) is 1. The van der Waals surface area contributed by atoms with Gasteiger partial charge >= 0.3 is 0 Å². The monoisotopic (exact) mass is 373 g/mol. The van der Waals surface area contributed by atoms with Gasteiger partial charge in [0.15, 0.2) is 0 Å². The van der Waals surface area contributed by atoms with Crippen LogP contribution in [0.15, 0.2) is 54.6 Å². The van der Waals surface area contributed by atoms with Crippen LogP contribution in [0, 0.1) is 0 Å². The first kappa shape index (κ1) is 18.1. The van der Waals surface area contributed by atoms with Gasteiger partial charge in [-0.25, -0.2) is 0 Å². The molecule has 0 saturated carbocycles. The van der Waals surface area contributed by atoms with Gasteiger partial charge in [-0.3, -0.25) is 0 Å². The molecule has 0 aliphatic rings. The highest BCUT2D eigenvalue weighted by Crippen LogP contribution is 2.31. The summed E-state index contributed by atoms with van der Waals surface area (Å²) in [4.78, 5) is 0. The van der Waals surface area contributed by atoms with Crippen LogP contribution in [0.25, 0.3) is 10.8 Å². The van der Waals surface area contributed by atoms with Crippen LogP contribution in [0.4, 0.5) is 0 Å². The number of hydrogen-bond acceptors (Lipinski definition) is 2. The maximum Gasteiger partial charge on any atom is 0.124 e. The van der Waals surface area contributed by atoms with Crippen molar-refractivity contribution in [1.29, 1.82) is 0 Å². The number of fused-ring (bicyclic) bond motifs is 1. The van der Waals surface area contributed by atoms with Crippen molar-refractivity contribution >= 4 is 34.0 Å². The van der Waals surface area contributed by atoms with E-state index in [1.807, 2.05) is 30.3 Å². The Morgan fingerprint density at radius 1 is 0.880 bits per heavy atom. The Kier molecular flexibility index (Phi) is 5.85. The fourth-order valence-electron chi connectivity index (χ4n) is 2.76. The quantitative estimate of drug-likeness (QED) is 0.553. The number of rotatable bonds is 6. The van der Waals surface area contributed by atoms with E-state index in [4.69, 9.17) is 27.9 Å². The summed E-state index contributed by atoms with van der Waals surface area (Å²) in [5.74, 6) is 0.850. The smallest absolute Gasteiger partial charge is 0.124 e. The second-order valence-electron chi connectivity index (χ2n) is 6.29. The third-order valence-corrected chi connectivity index (χ3v) is 4.83. The maximum atomic E-state index is 6.26. The van der Waals surface area contributed by atoms with E-state index in [1.165, 1.54) is 10.8 Å². The zero-order chi connectivity index (χ0) is 17.8. The third kappa shape index (κ3) is 4.27. The molecule has 0 fully saturated rings. The van der Waals surface area contributed by atoms with E-state index in [-0.39, 0.29) is 0 Å². The van der Waals surface area contributed by atoms with Crippen molar-refractivity contribution in [3.8, 4) is 5.75 Å². The van der Waals surface area contributed by atoms with Crippen LogP contribution in [0.3, 0.4) is 0 Å². The molecule has 25 heavy (non-hydrogen) atoms. The zero-order valence-corrected chi connectivity index (χ0v) is 15.9. The predicted octanol–water partition coefficient (Wildman–Crippen LogP) is 6.22. The lowest BCUT2D eigenvalue weighted by Crippen LogP contribution is -2.22. The Labute approximate surface area is 158 Å². The fourth-order valence-corrected chi connectivity index (χ4v) is 3.27. The number of halogens is 2. The Bertz CT molecular complexity index is 857. The van der Waals surface area contributed by atoms with Gasteiger partial charge in [0.05, 0.1) is 0 Å². The molecule has 0 unspecified atom stereocenters. The number of ether oxygens (including phenoxy) is 1. The average Bonchev–Trinajstić information content (AvgIpc) is 2.59. The maximum absolute atomic E-state index is 6.26. The van der Waals surface area contributed by atoms with Gasteiger partial charge < -0.3 is 10.1 Å². The minimum Gasteiger partial charge on any atom is -0.488 e. The van der Waals surface area contributed by atoms with Crippen LogP contribution >= 0.6 is 23.2 Å². The Balaban J connectivity index is 1.93. The Morgan fingerprint density at radius 2 is 1.60 bits per heavy atom. The molecular formula is C21H21Cl2NO. The molecule has 0 saturated heterocycles. The van der Waals surface area contributed by atoms with E-state index >= 15 is 0 Å². The highest BCUT2D eigenvalue weighted by atomic mass is 35.5. The van der Waals surface area contributed by atoms with E-state index in [2.05, 4.69) is 43.4 Å². The van der Waals surface area contributed by atoms with Gasteiger partial charge in [0.2, 0.25) is 0 Å². The van der Waals surface area contributed by atoms with Crippen LogP contribution in [0.2, 0.25) is 10.0 Å². The lowest BCUT2D eigenvalue weighted by molar-refractivity contribution is 0.302. The molecule has 3 aromatic carbocycles. The van der Waals surface area contributed by atoms with Crippen LogP contribution in [-0.4, -0.2) is 6.04 Å². The van der Waals surface area contributed by atoms with Gasteiger partial charge in [-0.2, -0.15) is 0 Å². The van der Waals surface area contributed by atoms with Crippen molar-refractivity contribution in [3.63, 3.8) is 0 Å². The van der Waals surface area contributed by atoms with Crippen molar-refractivity contribution in [2.45, 2.75) is 33.0 Å². The molecule has 0 atom stereocenters. The molecule has 0 amide bonds. The van der Waals surface area contributed by atoms with Crippen LogP contribution in [-0.2, 0) is 13.2 Å². The lowest BCUT2D eigenvalue weighted by Gasteiger charge is -2.17. The molecule has 3 rings (SSSR count). The molecule has 0 radical (unpaired) electrons. The summed E-state index contributed by atoms with van der Waals surface area (Å²) in [5.41, 5.74) is 1.96. The summed E-state index contributed by atoms with van der Waals surface area (Å²) in [5, 5.41) is 7.12. The third-order valence-electron chi connectivity index (χ3n) is 4.12. The molecule has 0 bridgehead atoms. The van der Waals surface area contributed by atoms with E-state index in [1.54, 1.807) is 0 Å². The van der Waals surface area contributed by atoms with Crippen LogP contribution in [0.1, 0.15) is 25.0 Å². The Hall–Kier alpha value is -1.74. The predicted molar refractivity (Wildman–Crippen MR) is 107 cm³/mol. The van der Waals surface area contributed by atoms with E-state index in [0.29, 0.717) is 22.7 Å². The molecule has 3 aromatic rings. The standard InChI is InChI=1S/C21H21Cl2NO/c1-14(2)24-12-17-16-7-4-3-6-15(16)10-11-21(17)25-13-18-19(22)8-5-9-20(18)23/h3-11,14,24H,12-13H2,1-2H3. The molecule has 130 valence electrons. The van der Waals surface area contributed by atoms with Gasteiger partial charge in [-0.05, 0) is 29.0 Å². The Morgan fingerprint density at radius 3 is 2.32 bits per heavy atom. The second-order valence-corrected chi connectivity index (χ2v) is 7.10. The van der Waals surface area contributed by atoms with Crippen molar-refractivity contribution in [2.75, 3.05) is 0 Å². The molecule has 0 aliphatic carbocycles. The molecule has 0 heterocycles. The molecule has 0 aliphatic heterocycles.